The summed E-state index contributed by atoms with van der Waals surface area (Å²) < 4.78 is 11.1. The number of hydrogen-bond donors (Lipinski definition) is 0. The lowest BCUT2D eigenvalue weighted by molar-refractivity contribution is -0.133. The summed E-state index contributed by atoms with van der Waals surface area (Å²) in [4.78, 5) is 19.5. The van der Waals surface area contributed by atoms with E-state index in [4.69, 9.17) is 9.47 Å². The number of esters is 1. The Balaban J connectivity index is 2.26. The Morgan fingerprint density at radius 2 is 1.90 bits per heavy atom. The summed E-state index contributed by atoms with van der Waals surface area (Å²) in [7, 11) is 0. The lowest BCUT2D eigenvalue weighted by Crippen LogP contribution is -2.57. The van der Waals surface area contributed by atoms with Crippen LogP contribution in [0.3, 0.4) is 0 Å². The molecule has 2 heterocycles. The lowest BCUT2D eigenvalue weighted by atomic mass is 9.99. The van der Waals surface area contributed by atoms with Gasteiger partial charge in [0.1, 0.15) is 0 Å². The van der Waals surface area contributed by atoms with Crippen molar-refractivity contribution >= 4 is 22.4 Å². The molecule has 0 spiro atoms. The van der Waals surface area contributed by atoms with Gasteiger partial charge in [-0.3, -0.25) is 0 Å². The van der Waals surface area contributed by atoms with Crippen LogP contribution in [0.1, 0.15) is 50.0 Å². The topological polar surface area (TPSA) is 51.7 Å². The van der Waals surface area contributed by atoms with Crippen LogP contribution in [0, 0.1) is 6.92 Å². The van der Waals surface area contributed by atoms with Gasteiger partial charge in [0.05, 0.1) is 17.8 Å². The average Bonchev–Trinajstić information content (AvgIpc) is 2.67. The van der Waals surface area contributed by atoms with E-state index in [-0.39, 0.29) is 17.2 Å². The Morgan fingerprint density at radius 3 is 2.43 bits per heavy atom. The molecule has 0 amide bonds. The van der Waals surface area contributed by atoms with Crippen molar-refractivity contribution in [2.24, 2.45) is 0 Å². The molecule has 1 saturated heterocycles. The summed E-state index contributed by atoms with van der Waals surface area (Å²) in [5.41, 5.74) is -0.0597. The molecular weight excluding hydrogens is 288 g/mol. The summed E-state index contributed by atoms with van der Waals surface area (Å²) in [6.45, 7) is 13.9. The maximum absolute atomic E-state index is 11.9. The molecule has 2 rings (SSSR count). The van der Waals surface area contributed by atoms with E-state index >= 15 is 0 Å². The predicted octanol–water partition coefficient (Wildman–Crippen LogP) is 3.02. The minimum Gasteiger partial charge on any atom is -0.461 e. The van der Waals surface area contributed by atoms with Gasteiger partial charge >= 0.3 is 5.97 Å². The van der Waals surface area contributed by atoms with Crippen LogP contribution >= 0.6 is 11.3 Å². The third-order valence-electron chi connectivity index (χ3n) is 3.22. The third-order valence-corrected chi connectivity index (χ3v) is 4.25. The van der Waals surface area contributed by atoms with Gasteiger partial charge in [0.25, 0.3) is 0 Å². The normalized spacial score (nSPS) is 20.4. The molecule has 1 fully saturated rings. The number of hydrogen-bond acceptors (Lipinski definition) is 6. The quantitative estimate of drug-likeness (QED) is 0.803. The summed E-state index contributed by atoms with van der Waals surface area (Å²) in [5.74, 6) is -0.343. The molecule has 21 heavy (non-hydrogen) atoms. The first-order valence-electron chi connectivity index (χ1n) is 7.23. The van der Waals surface area contributed by atoms with Gasteiger partial charge in [-0.25, -0.2) is 9.78 Å². The zero-order valence-corrected chi connectivity index (χ0v) is 14.5. The Bertz CT molecular complexity index is 521. The smallest absolute Gasteiger partial charge is 0.358 e. The molecule has 0 radical (unpaired) electrons. The average molecular weight is 312 g/mol. The maximum Gasteiger partial charge on any atom is 0.358 e. The van der Waals surface area contributed by atoms with E-state index in [1.165, 1.54) is 11.3 Å². The molecule has 0 aromatic carbocycles. The number of carbonyl (C=O) groups is 1. The Hall–Kier alpha value is -1.14. The fourth-order valence-electron chi connectivity index (χ4n) is 2.83. The molecule has 1 aromatic rings. The van der Waals surface area contributed by atoms with Crippen molar-refractivity contribution in [3.8, 4) is 0 Å². The molecule has 0 atom stereocenters. The molecule has 0 unspecified atom stereocenters. The van der Waals surface area contributed by atoms with Crippen LogP contribution in [0.2, 0.25) is 0 Å². The number of aromatic nitrogens is 1. The number of carbonyl (C=O) groups excluding carboxylic acids is 1. The molecule has 5 nitrogen and oxygen atoms in total. The highest BCUT2D eigenvalue weighted by atomic mass is 32.1. The maximum atomic E-state index is 11.9. The van der Waals surface area contributed by atoms with Gasteiger partial charge in [-0.2, -0.15) is 0 Å². The second-order valence-corrected chi connectivity index (χ2v) is 7.78. The number of thiazole rings is 1. The van der Waals surface area contributed by atoms with Crippen LogP contribution in [0.5, 0.6) is 0 Å². The summed E-state index contributed by atoms with van der Waals surface area (Å²) >= 11 is 1.53. The van der Waals surface area contributed by atoms with Crippen LogP contribution < -0.4 is 4.90 Å². The van der Waals surface area contributed by atoms with Crippen molar-refractivity contribution in [2.75, 3.05) is 24.6 Å². The second-order valence-electron chi connectivity index (χ2n) is 6.60. The largest absolute Gasteiger partial charge is 0.461 e. The van der Waals surface area contributed by atoms with Crippen molar-refractivity contribution in [3.05, 3.63) is 10.6 Å². The van der Waals surface area contributed by atoms with E-state index in [0.717, 1.165) is 23.1 Å². The third kappa shape index (κ3) is 3.74. The molecule has 0 saturated carbocycles. The molecule has 0 aliphatic carbocycles. The SMILES string of the molecule is CCOC(=O)c1nc(N2CC(C)(C)OC(C)(C)C2)sc1C. The van der Waals surface area contributed by atoms with Crippen LogP contribution in [0.4, 0.5) is 5.13 Å². The Morgan fingerprint density at radius 1 is 1.33 bits per heavy atom. The highest BCUT2D eigenvalue weighted by Crippen LogP contribution is 2.34. The molecular formula is C15H24N2O3S. The molecule has 1 aromatic heterocycles. The highest BCUT2D eigenvalue weighted by molar-refractivity contribution is 7.15. The zero-order valence-electron chi connectivity index (χ0n) is 13.6. The van der Waals surface area contributed by atoms with Crippen molar-refractivity contribution in [1.82, 2.24) is 4.98 Å². The molecule has 118 valence electrons. The fourth-order valence-corrected chi connectivity index (χ4v) is 3.72. The van der Waals surface area contributed by atoms with Crippen LogP contribution in [-0.2, 0) is 9.47 Å². The summed E-state index contributed by atoms with van der Waals surface area (Å²) in [6.07, 6.45) is 0. The van der Waals surface area contributed by atoms with Gasteiger partial charge in [0.15, 0.2) is 10.8 Å². The highest BCUT2D eigenvalue weighted by Gasteiger charge is 2.39. The van der Waals surface area contributed by atoms with E-state index in [9.17, 15) is 4.79 Å². The number of anilines is 1. The van der Waals surface area contributed by atoms with Gasteiger partial charge in [0, 0.05) is 18.0 Å². The molecule has 1 aliphatic heterocycles. The number of aryl methyl sites for hydroxylation is 1. The van der Waals surface area contributed by atoms with Gasteiger partial charge in [-0.15, -0.1) is 11.3 Å². The van der Waals surface area contributed by atoms with E-state index in [2.05, 4.69) is 37.6 Å². The van der Waals surface area contributed by atoms with Crippen LogP contribution in [-0.4, -0.2) is 41.9 Å². The first kappa shape index (κ1) is 16.2. The molecule has 0 bridgehead atoms. The standard InChI is InChI=1S/C15H24N2O3S/c1-7-19-12(18)11-10(2)21-13(16-11)17-8-14(3,4)20-15(5,6)9-17/h7-9H2,1-6H3. The minimum atomic E-state index is -0.343. The zero-order chi connectivity index (χ0) is 15.8. The monoisotopic (exact) mass is 312 g/mol. The van der Waals surface area contributed by atoms with Crippen LogP contribution in [0.15, 0.2) is 0 Å². The molecule has 0 N–H and O–H groups in total. The minimum absolute atomic E-state index is 0.245. The Kier molecular flexibility index (Phi) is 4.31. The number of rotatable bonds is 3. The van der Waals surface area contributed by atoms with Gasteiger partial charge in [0.2, 0.25) is 0 Å². The number of nitrogens with zero attached hydrogens (tertiary/aromatic N) is 2. The second kappa shape index (κ2) is 5.57. The summed E-state index contributed by atoms with van der Waals surface area (Å²) in [6, 6.07) is 0. The first-order valence-corrected chi connectivity index (χ1v) is 8.05. The number of morpholine rings is 1. The van der Waals surface area contributed by atoms with Crippen molar-refractivity contribution in [2.45, 2.75) is 52.7 Å². The van der Waals surface area contributed by atoms with Crippen LogP contribution in [0.25, 0.3) is 0 Å². The fraction of sp³-hybridized carbons (Fsp3) is 0.733. The van der Waals surface area contributed by atoms with Crippen molar-refractivity contribution in [1.29, 1.82) is 0 Å². The van der Waals surface area contributed by atoms with E-state index in [1.807, 2.05) is 6.92 Å². The molecule has 6 heteroatoms. The predicted molar refractivity (Wildman–Crippen MR) is 84.3 cm³/mol. The molecule has 1 aliphatic rings. The lowest BCUT2D eigenvalue weighted by Gasteiger charge is -2.47. The van der Waals surface area contributed by atoms with Gasteiger partial charge in [-0.05, 0) is 41.5 Å². The van der Waals surface area contributed by atoms with Gasteiger partial charge < -0.3 is 14.4 Å². The van der Waals surface area contributed by atoms with Crippen molar-refractivity contribution in [3.63, 3.8) is 0 Å². The van der Waals surface area contributed by atoms with Gasteiger partial charge in [-0.1, -0.05) is 0 Å². The first-order chi connectivity index (χ1) is 9.63. The van der Waals surface area contributed by atoms with E-state index in [1.54, 1.807) is 6.92 Å². The Labute approximate surface area is 130 Å². The van der Waals surface area contributed by atoms with Crippen molar-refractivity contribution < 1.29 is 14.3 Å². The van der Waals surface area contributed by atoms with E-state index < -0.39 is 0 Å². The summed E-state index contributed by atoms with van der Waals surface area (Å²) in [5, 5.41) is 0.861. The van der Waals surface area contributed by atoms with E-state index in [0.29, 0.717) is 12.3 Å². The number of ether oxygens (including phenoxy) is 2.